The lowest BCUT2D eigenvalue weighted by atomic mass is 9.86. The highest BCUT2D eigenvalue weighted by atomic mass is 16.4. The molecule has 3 aromatic rings. The largest absolute Gasteiger partial charge is 0.422 e. The van der Waals surface area contributed by atoms with E-state index in [2.05, 4.69) is 26.8 Å². The van der Waals surface area contributed by atoms with E-state index in [4.69, 9.17) is 4.42 Å². The molecule has 112 valence electrons. The van der Waals surface area contributed by atoms with Crippen molar-refractivity contribution in [1.29, 1.82) is 0 Å². The van der Waals surface area contributed by atoms with E-state index in [0.29, 0.717) is 11.1 Å². The summed E-state index contributed by atoms with van der Waals surface area (Å²) in [6.45, 7) is 8.55. The maximum absolute atomic E-state index is 12.2. The van der Waals surface area contributed by atoms with E-state index in [1.165, 1.54) is 11.1 Å². The standard InChI is InChI=1S/C20H20O2/c1-13-5-7-14(8-6-13)17-12-15-11-16(20(2,3)4)9-10-18(15)22-19(17)21/h5-12H,1-4H3. The lowest BCUT2D eigenvalue weighted by molar-refractivity contribution is 0.561. The van der Waals surface area contributed by atoms with Crippen LogP contribution in [0.2, 0.25) is 0 Å². The average molecular weight is 292 g/mol. The second-order valence-electron chi connectivity index (χ2n) is 6.82. The van der Waals surface area contributed by atoms with Gasteiger partial charge in [0.2, 0.25) is 0 Å². The molecule has 1 heterocycles. The van der Waals surface area contributed by atoms with E-state index >= 15 is 0 Å². The van der Waals surface area contributed by atoms with Crippen LogP contribution in [-0.4, -0.2) is 0 Å². The van der Waals surface area contributed by atoms with Crippen LogP contribution in [0.25, 0.3) is 22.1 Å². The van der Waals surface area contributed by atoms with Gasteiger partial charge in [-0.25, -0.2) is 4.79 Å². The summed E-state index contributed by atoms with van der Waals surface area (Å²) in [5.74, 6) is 0. The Hall–Kier alpha value is -2.35. The first-order valence-electron chi connectivity index (χ1n) is 7.50. The first-order valence-corrected chi connectivity index (χ1v) is 7.50. The summed E-state index contributed by atoms with van der Waals surface area (Å²) < 4.78 is 5.49. The topological polar surface area (TPSA) is 30.2 Å². The summed E-state index contributed by atoms with van der Waals surface area (Å²) in [7, 11) is 0. The van der Waals surface area contributed by atoms with Crippen molar-refractivity contribution in [3.8, 4) is 11.1 Å². The van der Waals surface area contributed by atoms with Crippen molar-refractivity contribution in [2.45, 2.75) is 33.1 Å². The Morgan fingerprint density at radius 1 is 0.909 bits per heavy atom. The minimum atomic E-state index is -0.292. The van der Waals surface area contributed by atoms with Gasteiger partial charge in [-0.2, -0.15) is 0 Å². The van der Waals surface area contributed by atoms with Crippen molar-refractivity contribution >= 4 is 11.0 Å². The molecule has 0 aliphatic rings. The van der Waals surface area contributed by atoms with Crippen LogP contribution in [0, 0.1) is 6.92 Å². The van der Waals surface area contributed by atoms with Gasteiger partial charge in [0.15, 0.2) is 0 Å². The molecule has 0 saturated heterocycles. The number of aryl methyl sites for hydroxylation is 1. The molecule has 0 radical (unpaired) electrons. The first kappa shape index (κ1) is 14.6. The molecule has 0 N–H and O–H groups in total. The Bertz CT molecular complexity index is 878. The fourth-order valence-electron chi connectivity index (χ4n) is 2.52. The predicted molar refractivity (Wildman–Crippen MR) is 91.4 cm³/mol. The Labute approximate surface area is 130 Å². The highest BCUT2D eigenvalue weighted by Gasteiger charge is 2.15. The van der Waals surface area contributed by atoms with Crippen molar-refractivity contribution < 1.29 is 4.42 Å². The first-order chi connectivity index (χ1) is 10.3. The van der Waals surface area contributed by atoms with Gasteiger partial charge >= 0.3 is 5.63 Å². The fourth-order valence-corrected chi connectivity index (χ4v) is 2.52. The van der Waals surface area contributed by atoms with E-state index < -0.39 is 0 Å². The number of hydrogen-bond donors (Lipinski definition) is 0. The molecule has 2 heteroatoms. The third-order valence-corrected chi connectivity index (χ3v) is 3.96. The van der Waals surface area contributed by atoms with Crippen LogP contribution in [0.5, 0.6) is 0 Å². The SMILES string of the molecule is Cc1ccc(-c2cc3cc(C(C)(C)C)ccc3oc2=O)cc1. The summed E-state index contributed by atoms with van der Waals surface area (Å²) in [4.78, 5) is 12.2. The monoisotopic (exact) mass is 292 g/mol. The normalized spacial score (nSPS) is 11.8. The molecule has 0 aliphatic carbocycles. The molecule has 0 atom stereocenters. The van der Waals surface area contributed by atoms with Crippen molar-refractivity contribution in [3.63, 3.8) is 0 Å². The number of rotatable bonds is 1. The molecular weight excluding hydrogens is 272 g/mol. The minimum Gasteiger partial charge on any atom is -0.422 e. The number of benzene rings is 2. The highest BCUT2D eigenvalue weighted by molar-refractivity contribution is 5.82. The van der Waals surface area contributed by atoms with Gasteiger partial charge in [-0.1, -0.05) is 56.7 Å². The minimum absolute atomic E-state index is 0.0638. The molecule has 2 aromatic carbocycles. The third kappa shape index (κ3) is 2.69. The third-order valence-electron chi connectivity index (χ3n) is 3.96. The van der Waals surface area contributed by atoms with Gasteiger partial charge in [0.25, 0.3) is 0 Å². The number of fused-ring (bicyclic) bond motifs is 1. The zero-order chi connectivity index (χ0) is 15.9. The molecular formula is C20H20O2. The molecule has 2 nitrogen and oxygen atoms in total. The predicted octanol–water partition coefficient (Wildman–Crippen LogP) is 5.07. The van der Waals surface area contributed by atoms with Gasteiger partial charge in [-0.15, -0.1) is 0 Å². The van der Waals surface area contributed by atoms with E-state index in [1.807, 2.05) is 49.4 Å². The average Bonchev–Trinajstić information content (AvgIpc) is 2.46. The Morgan fingerprint density at radius 3 is 2.23 bits per heavy atom. The summed E-state index contributed by atoms with van der Waals surface area (Å²) in [5, 5.41) is 0.961. The molecule has 22 heavy (non-hydrogen) atoms. The molecule has 3 rings (SSSR count). The lowest BCUT2D eigenvalue weighted by Gasteiger charge is -2.19. The smallest absolute Gasteiger partial charge is 0.344 e. The van der Waals surface area contributed by atoms with E-state index in [9.17, 15) is 4.79 Å². The van der Waals surface area contributed by atoms with Crippen LogP contribution < -0.4 is 5.63 Å². The molecule has 0 unspecified atom stereocenters. The molecule has 0 bridgehead atoms. The molecule has 0 fully saturated rings. The van der Waals surface area contributed by atoms with Crippen LogP contribution >= 0.6 is 0 Å². The van der Waals surface area contributed by atoms with Crippen LogP contribution in [-0.2, 0) is 5.41 Å². The van der Waals surface area contributed by atoms with Gasteiger partial charge in [0.1, 0.15) is 5.58 Å². The Balaban J connectivity index is 2.21. The maximum atomic E-state index is 12.2. The van der Waals surface area contributed by atoms with E-state index in [0.717, 1.165) is 10.9 Å². The summed E-state index contributed by atoms with van der Waals surface area (Å²) >= 11 is 0. The Morgan fingerprint density at radius 2 is 1.59 bits per heavy atom. The molecule has 0 aliphatic heterocycles. The second-order valence-corrected chi connectivity index (χ2v) is 6.82. The highest BCUT2D eigenvalue weighted by Crippen LogP contribution is 2.27. The van der Waals surface area contributed by atoms with Crippen LogP contribution in [0.3, 0.4) is 0 Å². The summed E-state index contributed by atoms with van der Waals surface area (Å²) in [6, 6.07) is 15.9. The molecule has 0 amide bonds. The Kier molecular flexibility index (Phi) is 3.40. The van der Waals surface area contributed by atoms with Crippen molar-refractivity contribution in [2.75, 3.05) is 0 Å². The summed E-state index contributed by atoms with van der Waals surface area (Å²) in [6.07, 6.45) is 0. The van der Waals surface area contributed by atoms with Crippen molar-refractivity contribution in [3.05, 3.63) is 70.1 Å². The molecule has 0 saturated carbocycles. The zero-order valence-corrected chi connectivity index (χ0v) is 13.4. The van der Waals surface area contributed by atoms with Gasteiger partial charge in [-0.3, -0.25) is 0 Å². The summed E-state index contributed by atoms with van der Waals surface area (Å²) in [5.41, 5.74) is 4.30. The quantitative estimate of drug-likeness (QED) is 0.586. The van der Waals surface area contributed by atoms with Crippen molar-refractivity contribution in [2.24, 2.45) is 0 Å². The van der Waals surface area contributed by atoms with E-state index in [1.54, 1.807) is 0 Å². The van der Waals surface area contributed by atoms with Gasteiger partial charge < -0.3 is 4.42 Å². The van der Waals surface area contributed by atoms with E-state index in [-0.39, 0.29) is 11.0 Å². The fraction of sp³-hybridized carbons (Fsp3) is 0.250. The van der Waals surface area contributed by atoms with Gasteiger partial charge in [0.05, 0.1) is 5.56 Å². The van der Waals surface area contributed by atoms with Crippen molar-refractivity contribution in [1.82, 2.24) is 0 Å². The maximum Gasteiger partial charge on any atom is 0.344 e. The van der Waals surface area contributed by atoms with Crippen LogP contribution in [0.4, 0.5) is 0 Å². The molecule has 1 aromatic heterocycles. The lowest BCUT2D eigenvalue weighted by Crippen LogP contribution is -2.11. The zero-order valence-electron chi connectivity index (χ0n) is 13.4. The van der Waals surface area contributed by atoms with Crippen LogP contribution in [0.1, 0.15) is 31.9 Å². The number of hydrogen-bond acceptors (Lipinski definition) is 2. The van der Waals surface area contributed by atoms with Gasteiger partial charge in [-0.05, 0) is 41.7 Å². The molecule has 0 spiro atoms. The van der Waals surface area contributed by atoms with Gasteiger partial charge in [0, 0.05) is 5.39 Å². The van der Waals surface area contributed by atoms with Crippen LogP contribution in [0.15, 0.2) is 57.7 Å². The second kappa shape index (κ2) is 5.13.